The van der Waals surface area contributed by atoms with Crippen LogP contribution in [0, 0.1) is 0 Å². The van der Waals surface area contributed by atoms with E-state index in [1.54, 1.807) is 0 Å². The monoisotopic (exact) mass is 570 g/mol. The number of halogens is 3. The summed E-state index contributed by atoms with van der Waals surface area (Å²) < 4.78 is 73.2. The SMILES string of the molecule is O=S(=O)(OS(c1ccccc1)(c1ccccc1)c1ccc(C2CCCCC2)cc1)c1ccc(C(F)(F)F)cc1. The predicted molar refractivity (Wildman–Crippen MR) is 147 cm³/mol. The molecule has 0 amide bonds. The van der Waals surface area contributed by atoms with E-state index in [0.717, 1.165) is 37.1 Å². The molecule has 204 valence electrons. The van der Waals surface area contributed by atoms with E-state index in [0.29, 0.717) is 20.6 Å². The predicted octanol–water partition coefficient (Wildman–Crippen LogP) is 9.36. The molecule has 0 saturated heterocycles. The first-order valence-electron chi connectivity index (χ1n) is 12.9. The van der Waals surface area contributed by atoms with Gasteiger partial charge in [-0.05, 0) is 95.3 Å². The van der Waals surface area contributed by atoms with Crippen LogP contribution in [0.4, 0.5) is 13.2 Å². The van der Waals surface area contributed by atoms with Crippen molar-refractivity contribution >= 4 is 20.4 Å². The minimum Gasteiger partial charge on any atom is -0.203 e. The average Bonchev–Trinajstić information content (AvgIpc) is 2.97. The van der Waals surface area contributed by atoms with E-state index >= 15 is 0 Å². The van der Waals surface area contributed by atoms with Crippen molar-refractivity contribution in [1.82, 2.24) is 0 Å². The van der Waals surface area contributed by atoms with Crippen LogP contribution in [0.5, 0.6) is 0 Å². The minimum absolute atomic E-state index is 0.335. The van der Waals surface area contributed by atoms with Crippen molar-refractivity contribution in [3.05, 3.63) is 120 Å². The Hall–Kier alpha value is -3.07. The molecule has 1 aliphatic carbocycles. The van der Waals surface area contributed by atoms with Crippen LogP contribution in [0.2, 0.25) is 0 Å². The zero-order valence-corrected chi connectivity index (χ0v) is 22.8. The van der Waals surface area contributed by atoms with Crippen molar-refractivity contribution < 1.29 is 25.2 Å². The van der Waals surface area contributed by atoms with Gasteiger partial charge in [0.2, 0.25) is 0 Å². The fourth-order valence-electron chi connectivity index (χ4n) is 5.10. The number of alkyl halides is 3. The molecule has 0 N–H and O–H groups in total. The fraction of sp³-hybridized carbons (Fsp3) is 0.226. The zero-order valence-electron chi connectivity index (χ0n) is 21.2. The van der Waals surface area contributed by atoms with E-state index in [2.05, 4.69) is 12.1 Å². The number of benzene rings is 4. The van der Waals surface area contributed by atoms with Gasteiger partial charge in [-0.25, -0.2) is 3.63 Å². The van der Waals surface area contributed by atoms with Crippen molar-refractivity contribution in [1.29, 1.82) is 0 Å². The van der Waals surface area contributed by atoms with Gasteiger partial charge in [-0.3, -0.25) is 0 Å². The third-order valence-electron chi connectivity index (χ3n) is 7.10. The third-order valence-corrected chi connectivity index (χ3v) is 12.3. The normalized spacial score (nSPS) is 15.7. The molecule has 4 aromatic rings. The molecule has 0 aliphatic heterocycles. The van der Waals surface area contributed by atoms with Gasteiger partial charge in [0.15, 0.2) is 0 Å². The highest BCUT2D eigenvalue weighted by molar-refractivity contribution is 8.33. The minimum atomic E-state index is -4.58. The Morgan fingerprint density at radius 1 is 0.590 bits per heavy atom. The van der Waals surface area contributed by atoms with E-state index in [1.807, 2.05) is 72.8 Å². The Morgan fingerprint density at radius 3 is 1.54 bits per heavy atom. The fourth-order valence-corrected chi connectivity index (χ4v) is 10.3. The first kappa shape index (κ1) is 27.5. The zero-order chi connectivity index (χ0) is 27.5. The summed E-state index contributed by atoms with van der Waals surface area (Å²) in [6, 6.07) is 29.7. The van der Waals surface area contributed by atoms with Crippen LogP contribution in [-0.2, 0) is 19.9 Å². The van der Waals surface area contributed by atoms with Gasteiger partial charge in [0, 0.05) is 14.7 Å². The molecule has 0 spiro atoms. The van der Waals surface area contributed by atoms with E-state index in [4.69, 9.17) is 3.63 Å². The molecule has 0 heterocycles. The van der Waals surface area contributed by atoms with Crippen LogP contribution in [0.1, 0.15) is 49.1 Å². The summed E-state index contributed by atoms with van der Waals surface area (Å²) in [5.74, 6) is 0.474. The molecule has 0 aromatic heterocycles. The average molecular weight is 571 g/mol. The number of hydrogen-bond donors (Lipinski definition) is 0. The molecular weight excluding hydrogens is 541 g/mol. The lowest BCUT2D eigenvalue weighted by atomic mass is 9.84. The highest BCUT2D eigenvalue weighted by atomic mass is 32.3. The van der Waals surface area contributed by atoms with E-state index < -0.39 is 32.2 Å². The van der Waals surface area contributed by atoms with Gasteiger partial charge in [-0.1, -0.05) is 67.8 Å². The van der Waals surface area contributed by atoms with E-state index in [1.165, 1.54) is 24.8 Å². The van der Waals surface area contributed by atoms with Crippen molar-refractivity contribution in [3.8, 4) is 0 Å². The standard InChI is InChI=1S/C31H29F3O3S2/c32-31(33,34)26-18-22-30(23-19-26)39(35,36)37-38(27-12-6-2-7-13-27,28-14-8-3-9-15-28)29-20-16-25(17-21-29)24-10-4-1-5-11-24/h2-3,6-9,12-24H,1,4-5,10-11H2. The van der Waals surface area contributed by atoms with Crippen molar-refractivity contribution in [2.75, 3.05) is 0 Å². The highest BCUT2D eigenvalue weighted by Gasteiger charge is 2.39. The maximum atomic E-state index is 13.8. The Balaban J connectivity index is 1.65. The highest BCUT2D eigenvalue weighted by Crippen LogP contribution is 2.70. The Morgan fingerprint density at radius 2 is 1.05 bits per heavy atom. The second kappa shape index (κ2) is 11.2. The van der Waals surface area contributed by atoms with Crippen LogP contribution >= 0.6 is 10.3 Å². The summed E-state index contributed by atoms with van der Waals surface area (Å²) in [5.41, 5.74) is 0.294. The van der Waals surface area contributed by atoms with Crippen LogP contribution in [-0.4, -0.2) is 8.42 Å². The van der Waals surface area contributed by atoms with Crippen LogP contribution in [0.15, 0.2) is 129 Å². The molecule has 0 bridgehead atoms. The lowest BCUT2D eigenvalue weighted by Crippen LogP contribution is -2.15. The summed E-state index contributed by atoms with van der Waals surface area (Å²) in [5, 5.41) is 0. The second-order valence-corrected chi connectivity index (χ2v) is 14.1. The first-order valence-corrected chi connectivity index (χ1v) is 15.8. The van der Waals surface area contributed by atoms with Gasteiger partial charge >= 0.3 is 16.3 Å². The summed E-state index contributed by atoms with van der Waals surface area (Å²) in [7, 11) is -7.32. The molecule has 1 aliphatic rings. The number of rotatable bonds is 7. The van der Waals surface area contributed by atoms with Crippen LogP contribution in [0.25, 0.3) is 0 Å². The molecule has 8 heteroatoms. The molecule has 39 heavy (non-hydrogen) atoms. The summed E-state index contributed by atoms with van der Waals surface area (Å²) >= 11 is 0. The Kier molecular flexibility index (Phi) is 7.89. The molecule has 0 radical (unpaired) electrons. The van der Waals surface area contributed by atoms with Crippen LogP contribution < -0.4 is 0 Å². The molecule has 5 rings (SSSR count). The maximum absolute atomic E-state index is 13.8. The van der Waals surface area contributed by atoms with Gasteiger partial charge in [0.25, 0.3) is 0 Å². The molecule has 4 aromatic carbocycles. The lowest BCUT2D eigenvalue weighted by Gasteiger charge is -2.39. The molecule has 1 fully saturated rings. The quantitative estimate of drug-likeness (QED) is 0.222. The largest absolute Gasteiger partial charge is 0.416 e. The van der Waals surface area contributed by atoms with Gasteiger partial charge < -0.3 is 0 Å². The van der Waals surface area contributed by atoms with Gasteiger partial charge in [0.1, 0.15) is 0 Å². The van der Waals surface area contributed by atoms with E-state index in [9.17, 15) is 21.6 Å². The molecule has 0 unspecified atom stereocenters. The summed E-state index contributed by atoms with van der Waals surface area (Å²) in [4.78, 5) is 1.68. The van der Waals surface area contributed by atoms with Crippen molar-refractivity contribution in [3.63, 3.8) is 0 Å². The van der Waals surface area contributed by atoms with Crippen molar-refractivity contribution in [2.45, 2.75) is 63.8 Å². The molecular formula is C31H29F3O3S2. The topological polar surface area (TPSA) is 43.4 Å². The molecule has 0 atom stereocenters. The second-order valence-electron chi connectivity index (χ2n) is 9.63. The van der Waals surface area contributed by atoms with Crippen LogP contribution in [0.3, 0.4) is 0 Å². The number of hydrogen-bond acceptors (Lipinski definition) is 3. The third kappa shape index (κ3) is 5.78. The summed E-state index contributed by atoms with van der Waals surface area (Å²) in [6.07, 6.45) is 1.33. The van der Waals surface area contributed by atoms with Crippen molar-refractivity contribution in [2.24, 2.45) is 0 Å². The smallest absolute Gasteiger partial charge is 0.203 e. The van der Waals surface area contributed by atoms with Gasteiger partial charge in [-0.15, -0.1) is 0 Å². The van der Waals surface area contributed by atoms with E-state index in [-0.39, 0.29) is 4.90 Å². The Bertz CT molecular complexity index is 1440. The maximum Gasteiger partial charge on any atom is 0.416 e. The van der Waals surface area contributed by atoms with Gasteiger partial charge in [0.05, 0.1) is 10.5 Å². The van der Waals surface area contributed by atoms with Gasteiger partial charge in [-0.2, -0.15) is 21.6 Å². The lowest BCUT2D eigenvalue weighted by molar-refractivity contribution is -0.137. The Labute approximate surface area is 229 Å². The molecule has 1 saturated carbocycles. The summed E-state index contributed by atoms with van der Waals surface area (Å²) in [6.45, 7) is 0. The molecule has 3 nitrogen and oxygen atoms in total. The first-order chi connectivity index (χ1) is 18.7.